The zero-order valence-corrected chi connectivity index (χ0v) is 8.42. The van der Waals surface area contributed by atoms with Crippen LogP contribution in [-0.2, 0) is 6.54 Å². The van der Waals surface area contributed by atoms with Gasteiger partial charge in [-0.15, -0.1) is 0 Å². The van der Waals surface area contributed by atoms with Gasteiger partial charge in [-0.2, -0.15) is 0 Å². The Balaban J connectivity index is 2.30. The third kappa shape index (κ3) is 2.28. The van der Waals surface area contributed by atoms with Gasteiger partial charge >= 0.3 is 0 Å². The normalized spacial score (nSPS) is 10.2. The zero-order chi connectivity index (χ0) is 10.7. The summed E-state index contributed by atoms with van der Waals surface area (Å²) in [6.45, 7) is 2.49. The Morgan fingerprint density at radius 2 is 2.20 bits per heavy atom. The number of aromatic nitrogens is 3. The van der Waals surface area contributed by atoms with E-state index in [1.807, 2.05) is 13.0 Å². The van der Waals surface area contributed by atoms with Crippen molar-refractivity contribution in [1.82, 2.24) is 14.5 Å². The molecule has 0 aliphatic heterocycles. The van der Waals surface area contributed by atoms with Crippen molar-refractivity contribution in [2.24, 2.45) is 0 Å². The van der Waals surface area contributed by atoms with Crippen molar-refractivity contribution in [3.8, 4) is 0 Å². The molecule has 0 amide bonds. The van der Waals surface area contributed by atoms with Crippen LogP contribution in [0.4, 0.5) is 0 Å². The number of hydrogen-bond donors (Lipinski definition) is 0. The molecule has 0 aliphatic rings. The first-order valence-electron chi connectivity index (χ1n) is 4.67. The molecule has 0 atom stereocenters. The second-order valence-electron chi connectivity index (χ2n) is 3.42. The molecule has 0 unspecified atom stereocenters. The summed E-state index contributed by atoms with van der Waals surface area (Å²) in [6.07, 6.45) is 6.57. The lowest BCUT2D eigenvalue weighted by molar-refractivity contribution is 0.732. The number of rotatable bonds is 2. The Kier molecular flexibility index (Phi) is 2.58. The van der Waals surface area contributed by atoms with E-state index in [1.165, 1.54) is 18.6 Å². The molecule has 0 N–H and O–H groups in total. The van der Waals surface area contributed by atoms with Gasteiger partial charge in [0.1, 0.15) is 0 Å². The van der Waals surface area contributed by atoms with E-state index in [1.54, 1.807) is 17.0 Å². The second kappa shape index (κ2) is 4.04. The van der Waals surface area contributed by atoms with Gasteiger partial charge in [-0.05, 0) is 18.1 Å². The zero-order valence-electron chi connectivity index (χ0n) is 8.42. The van der Waals surface area contributed by atoms with Gasteiger partial charge in [0.05, 0.1) is 12.9 Å². The van der Waals surface area contributed by atoms with Crippen LogP contribution in [0.5, 0.6) is 0 Å². The molecule has 0 saturated heterocycles. The number of aryl methyl sites for hydroxylation is 1. The Morgan fingerprint density at radius 1 is 1.33 bits per heavy atom. The third-order valence-corrected chi connectivity index (χ3v) is 2.08. The van der Waals surface area contributed by atoms with Gasteiger partial charge < -0.3 is 0 Å². The highest BCUT2D eigenvalue weighted by Crippen LogP contribution is 2.01. The molecule has 0 bridgehead atoms. The highest BCUT2D eigenvalue weighted by Gasteiger charge is 1.97. The molecular formula is C11H11N3O. The molecule has 0 saturated carbocycles. The van der Waals surface area contributed by atoms with Crippen LogP contribution in [0.3, 0.4) is 0 Å². The lowest BCUT2D eigenvalue weighted by atomic mass is 10.2. The molecule has 0 aliphatic carbocycles. The maximum absolute atomic E-state index is 11.4. The van der Waals surface area contributed by atoms with E-state index in [-0.39, 0.29) is 5.56 Å². The van der Waals surface area contributed by atoms with Crippen LogP contribution in [0.1, 0.15) is 11.1 Å². The molecule has 15 heavy (non-hydrogen) atoms. The predicted octanol–water partition coefficient (Wildman–Crippen LogP) is 0.995. The number of pyridine rings is 1. The SMILES string of the molecule is Cc1cncc(Cn2cnccc2=O)c1. The predicted molar refractivity (Wildman–Crippen MR) is 56.6 cm³/mol. The summed E-state index contributed by atoms with van der Waals surface area (Å²) < 4.78 is 1.55. The van der Waals surface area contributed by atoms with Crippen molar-refractivity contribution in [2.45, 2.75) is 13.5 Å². The van der Waals surface area contributed by atoms with Crippen molar-refractivity contribution >= 4 is 0 Å². The van der Waals surface area contributed by atoms with Crippen molar-refractivity contribution in [1.29, 1.82) is 0 Å². The van der Waals surface area contributed by atoms with Crippen LogP contribution < -0.4 is 5.56 Å². The lowest BCUT2D eigenvalue weighted by Gasteiger charge is -2.04. The summed E-state index contributed by atoms with van der Waals surface area (Å²) >= 11 is 0. The molecule has 0 aromatic carbocycles. The van der Waals surface area contributed by atoms with Crippen LogP contribution >= 0.6 is 0 Å². The van der Waals surface area contributed by atoms with Gasteiger partial charge in [0, 0.05) is 24.7 Å². The maximum atomic E-state index is 11.4. The summed E-state index contributed by atoms with van der Waals surface area (Å²) in [6, 6.07) is 3.45. The topological polar surface area (TPSA) is 47.8 Å². The minimum atomic E-state index is -0.0495. The van der Waals surface area contributed by atoms with Gasteiger partial charge in [-0.25, -0.2) is 4.98 Å². The van der Waals surface area contributed by atoms with E-state index >= 15 is 0 Å². The Bertz CT molecular complexity index is 519. The molecule has 2 aromatic rings. The first kappa shape index (κ1) is 9.58. The first-order chi connectivity index (χ1) is 7.25. The second-order valence-corrected chi connectivity index (χ2v) is 3.42. The Labute approximate surface area is 87.2 Å². The van der Waals surface area contributed by atoms with Crippen molar-refractivity contribution in [2.75, 3.05) is 0 Å². The van der Waals surface area contributed by atoms with Crippen LogP contribution in [-0.4, -0.2) is 14.5 Å². The molecule has 2 aromatic heterocycles. The van der Waals surface area contributed by atoms with E-state index in [0.29, 0.717) is 6.54 Å². The highest BCUT2D eigenvalue weighted by atomic mass is 16.1. The number of hydrogen-bond acceptors (Lipinski definition) is 3. The lowest BCUT2D eigenvalue weighted by Crippen LogP contribution is -2.19. The van der Waals surface area contributed by atoms with Crippen LogP contribution in [0.2, 0.25) is 0 Å². The smallest absolute Gasteiger partial charge is 0.253 e. The van der Waals surface area contributed by atoms with Gasteiger partial charge in [-0.3, -0.25) is 14.3 Å². The van der Waals surface area contributed by atoms with E-state index in [9.17, 15) is 4.79 Å². The summed E-state index contributed by atoms with van der Waals surface area (Å²) in [5.41, 5.74) is 2.04. The van der Waals surface area contributed by atoms with Crippen molar-refractivity contribution < 1.29 is 0 Å². The van der Waals surface area contributed by atoms with E-state index in [0.717, 1.165) is 11.1 Å². The fourth-order valence-electron chi connectivity index (χ4n) is 1.40. The van der Waals surface area contributed by atoms with Crippen LogP contribution in [0.15, 0.2) is 41.8 Å². The van der Waals surface area contributed by atoms with Gasteiger partial charge in [0.25, 0.3) is 5.56 Å². The summed E-state index contributed by atoms with van der Waals surface area (Å²) in [7, 11) is 0. The molecule has 76 valence electrons. The summed E-state index contributed by atoms with van der Waals surface area (Å²) in [5.74, 6) is 0. The molecule has 2 rings (SSSR count). The fraction of sp³-hybridized carbons (Fsp3) is 0.182. The third-order valence-electron chi connectivity index (χ3n) is 2.08. The standard InChI is InChI=1S/C11H11N3O/c1-9-4-10(6-13-5-9)7-14-8-12-3-2-11(14)15/h2-6,8H,7H2,1H3. The first-order valence-corrected chi connectivity index (χ1v) is 4.67. The molecule has 0 fully saturated rings. The van der Waals surface area contributed by atoms with Gasteiger partial charge in [-0.1, -0.05) is 6.07 Å². The molecule has 0 spiro atoms. The van der Waals surface area contributed by atoms with Crippen LogP contribution in [0.25, 0.3) is 0 Å². The van der Waals surface area contributed by atoms with Gasteiger partial charge in [0.15, 0.2) is 0 Å². The highest BCUT2D eigenvalue weighted by molar-refractivity contribution is 5.16. The Hall–Kier alpha value is -1.97. The van der Waals surface area contributed by atoms with E-state index in [2.05, 4.69) is 9.97 Å². The molecule has 0 radical (unpaired) electrons. The largest absolute Gasteiger partial charge is 0.295 e. The minimum absolute atomic E-state index is 0.0495. The van der Waals surface area contributed by atoms with Crippen molar-refractivity contribution in [3.05, 3.63) is 58.5 Å². The monoisotopic (exact) mass is 201 g/mol. The Morgan fingerprint density at radius 3 is 2.93 bits per heavy atom. The molecule has 4 nitrogen and oxygen atoms in total. The molecule has 4 heteroatoms. The van der Waals surface area contributed by atoms with E-state index < -0.39 is 0 Å². The van der Waals surface area contributed by atoms with E-state index in [4.69, 9.17) is 0 Å². The fourth-order valence-corrected chi connectivity index (χ4v) is 1.40. The maximum Gasteiger partial charge on any atom is 0.253 e. The molecular weight excluding hydrogens is 190 g/mol. The van der Waals surface area contributed by atoms with Crippen molar-refractivity contribution in [3.63, 3.8) is 0 Å². The van der Waals surface area contributed by atoms with Crippen LogP contribution in [0, 0.1) is 6.92 Å². The minimum Gasteiger partial charge on any atom is -0.295 e. The summed E-state index contributed by atoms with van der Waals surface area (Å²) in [4.78, 5) is 19.4. The average Bonchev–Trinajstić information content (AvgIpc) is 2.22. The average molecular weight is 201 g/mol. The molecule has 2 heterocycles. The van der Waals surface area contributed by atoms with Gasteiger partial charge in [0.2, 0.25) is 0 Å². The summed E-state index contributed by atoms with van der Waals surface area (Å²) in [5, 5.41) is 0. The quantitative estimate of drug-likeness (QED) is 0.728. The number of nitrogens with zero attached hydrogens (tertiary/aromatic N) is 3.